The lowest BCUT2D eigenvalue weighted by Crippen LogP contribution is -2.19. The highest BCUT2D eigenvalue weighted by molar-refractivity contribution is 7.92. The molecule has 1 aromatic carbocycles. The van der Waals surface area contributed by atoms with Crippen LogP contribution in [-0.4, -0.2) is 25.7 Å². The van der Waals surface area contributed by atoms with Crippen molar-refractivity contribution in [1.29, 1.82) is 0 Å². The van der Waals surface area contributed by atoms with Crippen LogP contribution >= 0.6 is 11.6 Å². The monoisotopic (exact) mass is 274 g/mol. The van der Waals surface area contributed by atoms with Crippen LogP contribution in [0.1, 0.15) is 30.1 Å². The van der Waals surface area contributed by atoms with Crippen LogP contribution in [0.15, 0.2) is 24.3 Å². The maximum Gasteiger partial charge on any atom is 0.177 e. The minimum Gasteiger partial charge on any atom is -0.293 e. The minimum absolute atomic E-state index is 0.0653. The Bertz CT molecular complexity index is 494. The van der Waals surface area contributed by atoms with Gasteiger partial charge in [-0.1, -0.05) is 37.1 Å². The van der Waals surface area contributed by atoms with Crippen molar-refractivity contribution >= 4 is 27.2 Å². The number of benzene rings is 1. The van der Waals surface area contributed by atoms with Crippen molar-refractivity contribution in [3.05, 3.63) is 34.9 Å². The molecule has 0 atom stereocenters. The van der Waals surface area contributed by atoms with Crippen molar-refractivity contribution in [3.8, 4) is 0 Å². The summed E-state index contributed by atoms with van der Waals surface area (Å²) in [6.07, 6.45) is 1.38. The number of carbonyl (C=O) groups is 1. The van der Waals surface area contributed by atoms with E-state index in [0.717, 1.165) is 6.42 Å². The van der Waals surface area contributed by atoms with E-state index in [-0.39, 0.29) is 5.75 Å². The van der Waals surface area contributed by atoms with Crippen LogP contribution in [-0.2, 0) is 9.84 Å². The zero-order valence-corrected chi connectivity index (χ0v) is 11.2. The molecule has 0 N–H and O–H groups in total. The van der Waals surface area contributed by atoms with E-state index in [0.29, 0.717) is 17.0 Å². The Labute approximate surface area is 107 Å². The van der Waals surface area contributed by atoms with Gasteiger partial charge in [0.2, 0.25) is 0 Å². The molecule has 0 aliphatic rings. The highest BCUT2D eigenvalue weighted by atomic mass is 35.5. The van der Waals surface area contributed by atoms with E-state index in [4.69, 9.17) is 11.6 Å². The molecule has 1 rings (SSSR count). The number of sulfone groups is 1. The Morgan fingerprint density at radius 3 is 2.65 bits per heavy atom. The van der Waals surface area contributed by atoms with Gasteiger partial charge in [-0.2, -0.15) is 0 Å². The van der Waals surface area contributed by atoms with E-state index in [1.807, 2.05) is 6.92 Å². The van der Waals surface area contributed by atoms with Crippen LogP contribution in [0.4, 0.5) is 0 Å². The maximum atomic E-state index is 11.7. The number of carbonyl (C=O) groups excluding carboxylic acids is 1. The first-order chi connectivity index (χ1) is 7.94. The van der Waals surface area contributed by atoms with Gasteiger partial charge in [-0.25, -0.2) is 8.42 Å². The highest BCUT2D eigenvalue weighted by Crippen LogP contribution is 2.12. The van der Waals surface area contributed by atoms with Gasteiger partial charge in [-0.3, -0.25) is 4.79 Å². The molecule has 0 spiro atoms. The summed E-state index contributed by atoms with van der Waals surface area (Å²) in [7, 11) is -3.30. The third-order valence-electron chi connectivity index (χ3n) is 2.31. The lowest BCUT2D eigenvalue weighted by molar-refractivity contribution is 0.102. The highest BCUT2D eigenvalue weighted by Gasteiger charge is 2.17. The smallest absolute Gasteiger partial charge is 0.177 e. The predicted molar refractivity (Wildman–Crippen MR) is 69.3 cm³/mol. The molecule has 0 bridgehead atoms. The normalized spacial score (nSPS) is 11.4. The first-order valence-electron chi connectivity index (χ1n) is 5.44. The number of ketones is 1. The van der Waals surface area contributed by atoms with Gasteiger partial charge in [0.15, 0.2) is 15.6 Å². The Hall–Kier alpha value is -0.870. The second-order valence-electron chi connectivity index (χ2n) is 3.88. The predicted octanol–water partition coefficient (Wildman–Crippen LogP) is 2.74. The van der Waals surface area contributed by atoms with Gasteiger partial charge >= 0.3 is 0 Å². The molecule has 0 aliphatic carbocycles. The molecule has 5 heteroatoms. The van der Waals surface area contributed by atoms with E-state index >= 15 is 0 Å². The van der Waals surface area contributed by atoms with Gasteiger partial charge in [0.1, 0.15) is 5.75 Å². The fraction of sp³-hybridized carbons (Fsp3) is 0.417. The molecule has 0 aromatic heterocycles. The Kier molecular flexibility index (Phi) is 5.15. The largest absolute Gasteiger partial charge is 0.293 e. The van der Waals surface area contributed by atoms with Crippen molar-refractivity contribution in [2.75, 3.05) is 11.5 Å². The molecule has 0 amide bonds. The average molecular weight is 275 g/mol. The van der Waals surface area contributed by atoms with Crippen LogP contribution in [0, 0.1) is 0 Å². The molecule has 0 radical (unpaired) electrons. The van der Waals surface area contributed by atoms with Gasteiger partial charge in [0.25, 0.3) is 0 Å². The zero-order valence-electron chi connectivity index (χ0n) is 9.65. The van der Waals surface area contributed by atoms with E-state index < -0.39 is 21.4 Å². The number of rotatable bonds is 6. The average Bonchev–Trinajstić information content (AvgIpc) is 2.26. The van der Waals surface area contributed by atoms with E-state index in [9.17, 15) is 13.2 Å². The van der Waals surface area contributed by atoms with Gasteiger partial charge in [-0.05, 0) is 18.6 Å². The lowest BCUT2D eigenvalue weighted by Gasteiger charge is -2.03. The van der Waals surface area contributed by atoms with Crippen LogP contribution in [0.25, 0.3) is 0 Å². The first kappa shape index (κ1) is 14.2. The SMILES string of the molecule is CCCCS(=O)(=O)CC(=O)c1cccc(Cl)c1. The van der Waals surface area contributed by atoms with Crippen LogP contribution in [0.3, 0.4) is 0 Å². The third kappa shape index (κ3) is 4.88. The second kappa shape index (κ2) is 6.17. The van der Waals surface area contributed by atoms with Crippen molar-refractivity contribution in [2.24, 2.45) is 0 Å². The van der Waals surface area contributed by atoms with Crippen molar-refractivity contribution < 1.29 is 13.2 Å². The summed E-state index contributed by atoms with van der Waals surface area (Å²) < 4.78 is 23.2. The molecule has 0 saturated carbocycles. The fourth-order valence-electron chi connectivity index (χ4n) is 1.38. The van der Waals surface area contributed by atoms with Gasteiger partial charge in [-0.15, -0.1) is 0 Å². The van der Waals surface area contributed by atoms with Crippen molar-refractivity contribution in [1.82, 2.24) is 0 Å². The molecular weight excluding hydrogens is 260 g/mol. The first-order valence-corrected chi connectivity index (χ1v) is 7.64. The van der Waals surface area contributed by atoms with E-state index in [1.165, 1.54) is 6.07 Å². The Morgan fingerprint density at radius 2 is 2.06 bits per heavy atom. The zero-order chi connectivity index (χ0) is 12.9. The topological polar surface area (TPSA) is 51.2 Å². The molecule has 0 unspecified atom stereocenters. The Morgan fingerprint density at radius 1 is 1.35 bits per heavy atom. The van der Waals surface area contributed by atoms with Crippen molar-refractivity contribution in [2.45, 2.75) is 19.8 Å². The van der Waals surface area contributed by atoms with Crippen LogP contribution in [0.5, 0.6) is 0 Å². The lowest BCUT2D eigenvalue weighted by atomic mass is 10.1. The van der Waals surface area contributed by atoms with Gasteiger partial charge in [0, 0.05) is 10.6 Å². The number of unbranched alkanes of at least 4 members (excludes halogenated alkanes) is 1. The Balaban J connectivity index is 2.73. The minimum atomic E-state index is -3.30. The maximum absolute atomic E-state index is 11.7. The van der Waals surface area contributed by atoms with Gasteiger partial charge < -0.3 is 0 Å². The number of hydrogen-bond donors (Lipinski definition) is 0. The summed E-state index contributed by atoms with van der Waals surface area (Å²) in [5, 5.41) is 0.432. The molecule has 94 valence electrons. The van der Waals surface area contributed by atoms with E-state index in [2.05, 4.69) is 0 Å². The number of hydrogen-bond acceptors (Lipinski definition) is 3. The summed E-state index contributed by atoms with van der Waals surface area (Å²) in [4.78, 5) is 11.7. The molecular formula is C12H15ClO3S. The summed E-state index contributed by atoms with van der Waals surface area (Å²) in [6, 6.07) is 6.33. The summed E-state index contributed by atoms with van der Waals surface area (Å²) in [5.41, 5.74) is 0.345. The van der Waals surface area contributed by atoms with E-state index in [1.54, 1.807) is 18.2 Å². The third-order valence-corrected chi connectivity index (χ3v) is 4.15. The summed E-state index contributed by atoms with van der Waals surface area (Å²) in [6.45, 7) is 1.91. The number of halogens is 1. The summed E-state index contributed by atoms with van der Waals surface area (Å²) >= 11 is 5.74. The van der Waals surface area contributed by atoms with Crippen LogP contribution < -0.4 is 0 Å². The van der Waals surface area contributed by atoms with Gasteiger partial charge in [0.05, 0.1) is 5.75 Å². The quantitative estimate of drug-likeness (QED) is 0.750. The molecule has 0 fully saturated rings. The molecule has 0 saturated heterocycles. The second-order valence-corrected chi connectivity index (χ2v) is 6.50. The molecule has 0 heterocycles. The molecule has 0 aliphatic heterocycles. The fourth-order valence-corrected chi connectivity index (χ4v) is 3.01. The standard InChI is InChI=1S/C12H15ClO3S/c1-2-3-7-17(15,16)9-12(14)10-5-4-6-11(13)8-10/h4-6,8H,2-3,7,9H2,1H3. The van der Waals surface area contributed by atoms with Crippen molar-refractivity contribution in [3.63, 3.8) is 0 Å². The summed E-state index contributed by atoms with van der Waals surface area (Å²) in [5.74, 6) is -0.771. The molecule has 17 heavy (non-hydrogen) atoms. The molecule has 3 nitrogen and oxygen atoms in total. The number of Topliss-reactive ketones (excluding diaryl/α,β-unsaturated/α-hetero) is 1. The van der Waals surface area contributed by atoms with Crippen LogP contribution in [0.2, 0.25) is 5.02 Å². The molecule has 1 aromatic rings.